The van der Waals surface area contributed by atoms with Crippen LogP contribution in [0.1, 0.15) is 11.1 Å². The van der Waals surface area contributed by atoms with Crippen LogP contribution in [0.3, 0.4) is 0 Å². The van der Waals surface area contributed by atoms with E-state index in [0.717, 1.165) is 12.1 Å². The first-order valence-corrected chi connectivity index (χ1v) is 7.73. The van der Waals surface area contributed by atoms with Crippen molar-refractivity contribution in [2.45, 2.75) is 17.1 Å². The van der Waals surface area contributed by atoms with E-state index >= 15 is 0 Å². The Morgan fingerprint density at radius 3 is 2.57 bits per heavy atom. The van der Waals surface area contributed by atoms with Gasteiger partial charge in [0.05, 0.1) is 5.56 Å². The van der Waals surface area contributed by atoms with Gasteiger partial charge in [0.15, 0.2) is 0 Å². The fraction of sp³-hybridized carbons (Fsp3) is 0.200. The number of sulfonamides is 1. The quantitative estimate of drug-likeness (QED) is 0.883. The summed E-state index contributed by atoms with van der Waals surface area (Å²) in [6.45, 7) is -0.300. The van der Waals surface area contributed by atoms with Crippen LogP contribution >= 0.6 is 11.3 Å². The van der Waals surface area contributed by atoms with Gasteiger partial charge in [-0.3, -0.25) is 0 Å². The topological polar surface area (TPSA) is 98.0 Å². The van der Waals surface area contributed by atoms with Crippen LogP contribution < -0.4 is 10.5 Å². The third kappa shape index (κ3) is 3.89. The van der Waals surface area contributed by atoms with Gasteiger partial charge in [0, 0.05) is 6.54 Å². The molecule has 0 aliphatic carbocycles. The largest absolute Gasteiger partial charge is 0.416 e. The number of aromatic nitrogens is 2. The van der Waals surface area contributed by atoms with E-state index in [1.54, 1.807) is 0 Å². The fourth-order valence-corrected chi connectivity index (χ4v) is 3.27. The maximum atomic E-state index is 12.5. The number of nitrogens with one attached hydrogen (secondary N) is 1. The molecule has 0 radical (unpaired) electrons. The Morgan fingerprint density at radius 2 is 2.00 bits per heavy atom. The van der Waals surface area contributed by atoms with E-state index in [-0.39, 0.29) is 21.6 Å². The second-order valence-electron chi connectivity index (χ2n) is 3.93. The SMILES string of the molecule is Nc1nnc(S(=O)(=O)NCc2cccc(C(F)(F)F)c2)s1. The first-order chi connectivity index (χ1) is 9.68. The highest BCUT2D eigenvalue weighted by atomic mass is 32.2. The lowest BCUT2D eigenvalue weighted by atomic mass is 10.1. The van der Waals surface area contributed by atoms with Crippen LogP contribution in [0.5, 0.6) is 0 Å². The number of hydrogen-bond donors (Lipinski definition) is 2. The first kappa shape index (κ1) is 15.7. The maximum Gasteiger partial charge on any atom is 0.416 e. The molecule has 0 saturated heterocycles. The molecule has 0 saturated carbocycles. The van der Waals surface area contributed by atoms with Gasteiger partial charge >= 0.3 is 6.18 Å². The smallest absolute Gasteiger partial charge is 0.374 e. The van der Waals surface area contributed by atoms with Crippen molar-refractivity contribution in [3.63, 3.8) is 0 Å². The third-order valence-corrected chi connectivity index (χ3v) is 4.89. The number of benzene rings is 1. The van der Waals surface area contributed by atoms with E-state index in [0.29, 0.717) is 11.3 Å². The normalized spacial score (nSPS) is 12.5. The number of nitrogens with zero attached hydrogens (tertiary/aromatic N) is 2. The predicted molar refractivity (Wildman–Crippen MR) is 69.8 cm³/mol. The molecule has 0 amide bonds. The van der Waals surface area contributed by atoms with Crippen LogP contribution in [-0.4, -0.2) is 18.6 Å². The second-order valence-corrected chi connectivity index (χ2v) is 6.88. The molecule has 0 bridgehead atoms. The first-order valence-electron chi connectivity index (χ1n) is 5.43. The van der Waals surface area contributed by atoms with E-state index in [1.807, 2.05) is 0 Å². The molecule has 114 valence electrons. The molecule has 0 aliphatic heterocycles. The number of nitrogen functional groups attached to an aromatic ring is 1. The molecule has 1 aromatic heterocycles. The summed E-state index contributed by atoms with van der Waals surface area (Å²) in [5, 5.41) is 6.71. The Bertz CT molecular complexity index is 743. The molecule has 0 fully saturated rings. The molecule has 2 rings (SSSR count). The van der Waals surface area contributed by atoms with Gasteiger partial charge in [0.2, 0.25) is 9.47 Å². The number of hydrogen-bond acceptors (Lipinski definition) is 6. The third-order valence-electron chi connectivity index (χ3n) is 2.37. The van der Waals surface area contributed by atoms with Crippen LogP contribution in [0.15, 0.2) is 28.6 Å². The van der Waals surface area contributed by atoms with E-state index in [2.05, 4.69) is 14.9 Å². The molecule has 0 unspecified atom stereocenters. The van der Waals surface area contributed by atoms with Crippen LogP contribution in [0, 0.1) is 0 Å². The van der Waals surface area contributed by atoms with Crippen molar-refractivity contribution in [2.75, 3.05) is 5.73 Å². The number of alkyl halides is 3. The summed E-state index contributed by atoms with van der Waals surface area (Å²) in [7, 11) is -3.95. The Morgan fingerprint density at radius 1 is 1.29 bits per heavy atom. The minimum Gasteiger partial charge on any atom is -0.374 e. The van der Waals surface area contributed by atoms with Crippen molar-refractivity contribution in [3.8, 4) is 0 Å². The molecule has 21 heavy (non-hydrogen) atoms. The lowest BCUT2D eigenvalue weighted by Crippen LogP contribution is -2.23. The minimum absolute atomic E-state index is 0.0190. The molecule has 3 N–H and O–H groups in total. The minimum atomic E-state index is -4.48. The van der Waals surface area contributed by atoms with Crippen molar-refractivity contribution in [2.24, 2.45) is 0 Å². The number of nitrogens with two attached hydrogens (primary N) is 1. The summed E-state index contributed by atoms with van der Waals surface area (Å²) in [6, 6.07) is 4.36. The summed E-state index contributed by atoms with van der Waals surface area (Å²) in [6.07, 6.45) is -4.48. The summed E-state index contributed by atoms with van der Waals surface area (Å²) < 4.78 is 63.1. The average molecular weight is 338 g/mol. The Hall–Kier alpha value is -1.72. The van der Waals surface area contributed by atoms with Gasteiger partial charge in [-0.05, 0) is 11.6 Å². The van der Waals surface area contributed by atoms with Crippen molar-refractivity contribution in [1.82, 2.24) is 14.9 Å². The fourth-order valence-electron chi connectivity index (χ4n) is 1.43. The highest BCUT2D eigenvalue weighted by Gasteiger charge is 2.30. The lowest BCUT2D eigenvalue weighted by Gasteiger charge is -2.09. The predicted octanol–water partition coefficient (Wildman–Crippen LogP) is 1.62. The number of halogens is 3. The summed E-state index contributed by atoms with van der Waals surface area (Å²) in [5.41, 5.74) is 4.60. The summed E-state index contributed by atoms with van der Waals surface area (Å²) in [5.74, 6) is 0. The van der Waals surface area contributed by atoms with Gasteiger partial charge in [-0.2, -0.15) is 13.2 Å². The van der Waals surface area contributed by atoms with E-state index in [1.165, 1.54) is 12.1 Å². The molecular weight excluding hydrogens is 329 g/mol. The Kier molecular flexibility index (Phi) is 4.16. The van der Waals surface area contributed by atoms with E-state index in [9.17, 15) is 21.6 Å². The highest BCUT2D eigenvalue weighted by Crippen LogP contribution is 2.29. The monoisotopic (exact) mass is 338 g/mol. The lowest BCUT2D eigenvalue weighted by molar-refractivity contribution is -0.137. The molecule has 6 nitrogen and oxygen atoms in total. The maximum absolute atomic E-state index is 12.5. The van der Waals surface area contributed by atoms with Crippen molar-refractivity contribution in [1.29, 1.82) is 0 Å². The highest BCUT2D eigenvalue weighted by molar-refractivity contribution is 7.91. The van der Waals surface area contributed by atoms with Crippen LogP contribution in [0.2, 0.25) is 0 Å². The van der Waals surface area contributed by atoms with E-state index in [4.69, 9.17) is 5.73 Å². The molecule has 2 aromatic rings. The molecule has 0 atom stereocenters. The zero-order valence-corrected chi connectivity index (χ0v) is 11.9. The standard InChI is InChI=1S/C10H9F3N4O2S2/c11-10(12,13)7-3-1-2-6(4-7)5-15-21(18,19)9-17-16-8(14)20-9/h1-4,15H,5H2,(H2,14,16). The Labute approximate surface area is 121 Å². The summed E-state index contributed by atoms with van der Waals surface area (Å²) >= 11 is 0.662. The Balaban J connectivity index is 2.13. The van der Waals surface area contributed by atoms with Crippen LogP contribution in [-0.2, 0) is 22.7 Å². The van der Waals surface area contributed by atoms with Gasteiger partial charge < -0.3 is 5.73 Å². The zero-order valence-electron chi connectivity index (χ0n) is 10.3. The van der Waals surface area contributed by atoms with Gasteiger partial charge in [0.25, 0.3) is 10.0 Å². The molecule has 0 aliphatic rings. The average Bonchev–Trinajstić information content (AvgIpc) is 2.83. The molecule has 0 spiro atoms. The number of anilines is 1. The van der Waals surface area contributed by atoms with Crippen molar-refractivity contribution < 1.29 is 21.6 Å². The van der Waals surface area contributed by atoms with Gasteiger partial charge in [-0.25, -0.2) is 13.1 Å². The number of rotatable bonds is 4. The van der Waals surface area contributed by atoms with Crippen molar-refractivity contribution in [3.05, 3.63) is 35.4 Å². The van der Waals surface area contributed by atoms with Crippen molar-refractivity contribution >= 4 is 26.5 Å². The van der Waals surface area contributed by atoms with E-state index < -0.39 is 21.8 Å². The zero-order chi connectivity index (χ0) is 15.7. The molecule has 1 aromatic carbocycles. The summed E-state index contributed by atoms with van der Waals surface area (Å²) in [4.78, 5) is 0. The van der Waals surface area contributed by atoms with Gasteiger partial charge in [0.1, 0.15) is 0 Å². The van der Waals surface area contributed by atoms with Gasteiger partial charge in [-0.15, -0.1) is 10.2 Å². The van der Waals surface area contributed by atoms with Crippen LogP contribution in [0.4, 0.5) is 18.3 Å². The molecular formula is C10H9F3N4O2S2. The molecule has 1 heterocycles. The van der Waals surface area contributed by atoms with Crippen LogP contribution in [0.25, 0.3) is 0 Å². The molecule has 11 heteroatoms. The second kappa shape index (κ2) is 5.58. The van der Waals surface area contributed by atoms with Gasteiger partial charge in [-0.1, -0.05) is 29.5 Å².